The zero-order chi connectivity index (χ0) is 8.82. The van der Waals surface area contributed by atoms with Gasteiger partial charge in [0.05, 0.1) is 0 Å². The van der Waals surface area contributed by atoms with Crippen molar-refractivity contribution in [2.24, 2.45) is 16.7 Å². The van der Waals surface area contributed by atoms with E-state index in [1.807, 2.05) is 0 Å². The van der Waals surface area contributed by atoms with Crippen LogP contribution in [0.1, 0.15) is 40.0 Å². The van der Waals surface area contributed by atoms with E-state index in [1.54, 1.807) is 0 Å². The molecule has 0 aliphatic heterocycles. The predicted octanol–water partition coefficient (Wildman–Crippen LogP) is 2.42. The molecule has 0 aromatic heterocycles. The summed E-state index contributed by atoms with van der Waals surface area (Å²) in [5.74, 6) is 0.799. The fourth-order valence-electron chi connectivity index (χ4n) is 3.37. The second-order valence-electron chi connectivity index (χ2n) is 5.87. The maximum atomic E-state index is 3.58. The van der Waals surface area contributed by atoms with Gasteiger partial charge in [-0.05, 0) is 42.6 Å². The van der Waals surface area contributed by atoms with E-state index in [2.05, 4.69) is 26.1 Å². The summed E-state index contributed by atoms with van der Waals surface area (Å²) in [6.07, 6.45) is 4.47. The highest BCUT2D eigenvalue weighted by atomic mass is 14.9. The van der Waals surface area contributed by atoms with E-state index in [0.29, 0.717) is 0 Å². The van der Waals surface area contributed by atoms with E-state index in [1.165, 1.54) is 32.4 Å². The molecule has 3 fully saturated rings. The first-order chi connectivity index (χ1) is 5.54. The fraction of sp³-hybridized carbons (Fsp3) is 1.00. The molecule has 3 aliphatic rings. The van der Waals surface area contributed by atoms with Gasteiger partial charge in [-0.1, -0.05) is 20.8 Å². The Morgan fingerprint density at radius 3 is 2.25 bits per heavy atom. The largest absolute Gasteiger partial charge is 0.316 e. The van der Waals surface area contributed by atoms with Gasteiger partial charge < -0.3 is 5.32 Å². The molecule has 0 spiro atoms. The van der Waals surface area contributed by atoms with Gasteiger partial charge in [-0.2, -0.15) is 0 Å². The van der Waals surface area contributed by atoms with Gasteiger partial charge in [0.25, 0.3) is 0 Å². The maximum Gasteiger partial charge on any atom is 0.000853 e. The van der Waals surface area contributed by atoms with E-state index >= 15 is 0 Å². The fourth-order valence-corrected chi connectivity index (χ4v) is 3.37. The van der Waals surface area contributed by atoms with E-state index in [4.69, 9.17) is 0 Å². The summed E-state index contributed by atoms with van der Waals surface area (Å²) in [4.78, 5) is 0. The lowest BCUT2D eigenvalue weighted by Gasteiger charge is -2.70. The standard InChI is InChI=1S/C11H21N/c1-9(2)4-12-8-11-5-10(3,6-11)7-11/h9,12H,4-8H2,1-3H3. The van der Waals surface area contributed by atoms with Gasteiger partial charge in [0.1, 0.15) is 0 Å². The Bertz CT molecular complexity index is 164. The molecule has 0 amide bonds. The molecule has 70 valence electrons. The Kier molecular flexibility index (Phi) is 1.76. The van der Waals surface area contributed by atoms with Gasteiger partial charge in [0.2, 0.25) is 0 Å². The quantitative estimate of drug-likeness (QED) is 0.678. The highest BCUT2D eigenvalue weighted by Gasteiger charge is 2.64. The Balaban J connectivity index is 1.64. The van der Waals surface area contributed by atoms with Crippen LogP contribution in [0.2, 0.25) is 0 Å². The van der Waals surface area contributed by atoms with Crippen LogP contribution in [-0.2, 0) is 0 Å². The van der Waals surface area contributed by atoms with E-state index < -0.39 is 0 Å². The van der Waals surface area contributed by atoms with Crippen molar-refractivity contribution in [3.05, 3.63) is 0 Å². The molecule has 0 unspecified atom stereocenters. The van der Waals surface area contributed by atoms with Crippen LogP contribution in [0.3, 0.4) is 0 Å². The summed E-state index contributed by atoms with van der Waals surface area (Å²) in [5.41, 5.74) is 1.53. The van der Waals surface area contributed by atoms with Crippen LogP contribution in [0.5, 0.6) is 0 Å². The van der Waals surface area contributed by atoms with Crippen molar-refractivity contribution in [3.63, 3.8) is 0 Å². The third-order valence-corrected chi connectivity index (χ3v) is 3.46. The van der Waals surface area contributed by atoms with Crippen molar-refractivity contribution in [2.75, 3.05) is 13.1 Å². The normalized spacial score (nSPS) is 44.0. The van der Waals surface area contributed by atoms with Gasteiger partial charge in [0.15, 0.2) is 0 Å². The topological polar surface area (TPSA) is 12.0 Å². The maximum absolute atomic E-state index is 3.58. The van der Waals surface area contributed by atoms with Crippen molar-refractivity contribution in [3.8, 4) is 0 Å². The SMILES string of the molecule is CC(C)CNCC12CC(C)(C1)C2. The minimum atomic E-state index is 0.754. The average Bonchev–Trinajstić information content (AvgIpc) is 1.80. The first-order valence-electron chi connectivity index (χ1n) is 5.24. The average molecular weight is 167 g/mol. The molecule has 0 heterocycles. The predicted molar refractivity (Wildman–Crippen MR) is 52.1 cm³/mol. The Morgan fingerprint density at radius 1 is 1.25 bits per heavy atom. The summed E-state index contributed by atoms with van der Waals surface area (Å²) in [7, 11) is 0. The zero-order valence-electron chi connectivity index (χ0n) is 8.61. The first-order valence-corrected chi connectivity index (χ1v) is 5.24. The van der Waals surface area contributed by atoms with Crippen molar-refractivity contribution < 1.29 is 0 Å². The van der Waals surface area contributed by atoms with Crippen molar-refractivity contribution in [1.82, 2.24) is 5.32 Å². The second kappa shape index (κ2) is 2.47. The van der Waals surface area contributed by atoms with E-state index in [9.17, 15) is 0 Å². The third-order valence-electron chi connectivity index (χ3n) is 3.46. The molecular formula is C11H21N. The van der Waals surface area contributed by atoms with Gasteiger partial charge in [-0.15, -0.1) is 0 Å². The monoisotopic (exact) mass is 167 g/mol. The molecule has 2 bridgehead atoms. The third kappa shape index (κ3) is 1.28. The molecule has 0 aromatic carbocycles. The molecule has 3 saturated carbocycles. The van der Waals surface area contributed by atoms with E-state index in [-0.39, 0.29) is 0 Å². The molecule has 3 rings (SSSR count). The lowest BCUT2D eigenvalue weighted by atomic mass is 9.36. The summed E-state index contributed by atoms with van der Waals surface area (Å²) >= 11 is 0. The number of rotatable bonds is 4. The first kappa shape index (κ1) is 8.55. The Hall–Kier alpha value is -0.0400. The van der Waals surface area contributed by atoms with Crippen molar-refractivity contribution >= 4 is 0 Å². The minimum Gasteiger partial charge on any atom is -0.316 e. The Morgan fingerprint density at radius 2 is 1.83 bits per heavy atom. The van der Waals surface area contributed by atoms with E-state index in [0.717, 1.165) is 16.7 Å². The molecule has 1 heteroatoms. The molecular weight excluding hydrogens is 146 g/mol. The number of hydrogen-bond donors (Lipinski definition) is 1. The van der Waals surface area contributed by atoms with Crippen LogP contribution in [0.25, 0.3) is 0 Å². The summed E-state index contributed by atoms with van der Waals surface area (Å²) < 4.78 is 0. The highest BCUT2D eigenvalue weighted by Crippen LogP contribution is 2.72. The van der Waals surface area contributed by atoms with Crippen LogP contribution in [0.15, 0.2) is 0 Å². The van der Waals surface area contributed by atoms with Crippen molar-refractivity contribution in [2.45, 2.75) is 40.0 Å². The molecule has 3 aliphatic carbocycles. The molecule has 1 nitrogen and oxygen atoms in total. The smallest absolute Gasteiger partial charge is 0.000853 e. The Labute approximate surface area is 75.9 Å². The van der Waals surface area contributed by atoms with Crippen LogP contribution >= 0.6 is 0 Å². The summed E-state index contributed by atoms with van der Waals surface area (Å²) in [6.45, 7) is 9.45. The highest BCUT2D eigenvalue weighted by molar-refractivity contribution is 5.15. The second-order valence-corrected chi connectivity index (χ2v) is 5.87. The van der Waals surface area contributed by atoms with Crippen LogP contribution < -0.4 is 5.32 Å². The zero-order valence-corrected chi connectivity index (χ0v) is 8.61. The van der Waals surface area contributed by atoms with Gasteiger partial charge in [0, 0.05) is 6.54 Å². The molecule has 0 atom stereocenters. The molecule has 1 N–H and O–H groups in total. The molecule has 0 aromatic rings. The summed E-state index contributed by atoms with van der Waals surface area (Å²) in [5, 5.41) is 3.58. The van der Waals surface area contributed by atoms with Gasteiger partial charge in [-0.3, -0.25) is 0 Å². The number of nitrogens with one attached hydrogen (secondary N) is 1. The lowest BCUT2D eigenvalue weighted by molar-refractivity contribution is -0.186. The lowest BCUT2D eigenvalue weighted by Crippen LogP contribution is -2.63. The van der Waals surface area contributed by atoms with Crippen LogP contribution in [0, 0.1) is 16.7 Å². The van der Waals surface area contributed by atoms with Crippen LogP contribution in [0.4, 0.5) is 0 Å². The van der Waals surface area contributed by atoms with Gasteiger partial charge >= 0.3 is 0 Å². The minimum absolute atomic E-state index is 0.754. The van der Waals surface area contributed by atoms with Crippen molar-refractivity contribution in [1.29, 1.82) is 0 Å². The molecule has 12 heavy (non-hydrogen) atoms. The molecule has 0 radical (unpaired) electrons. The van der Waals surface area contributed by atoms with Crippen LogP contribution in [-0.4, -0.2) is 13.1 Å². The van der Waals surface area contributed by atoms with Gasteiger partial charge in [-0.25, -0.2) is 0 Å². The molecule has 0 saturated heterocycles. The summed E-state index contributed by atoms with van der Waals surface area (Å²) in [6, 6.07) is 0. The number of hydrogen-bond acceptors (Lipinski definition) is 1.